The molecule has 6 aromatic rings. The van der Waals surface area contributed by atoms with Crippen LogP contribution in [0.3, 0.4) is 0 Å². The number of carbonyl (C=O) groups is 1. The van der Waals surface area contributed by atoms with E-state index in [0.29, 0.717) is 46.0 Å². The number of pyridine rings is 1. The number of nitriles is 1. The molecule has 0 N–H and O–H groups in total. The quantitative estimate of drug-likeness (QED) is 0.0879. The number of halogens is 1. The minimum atomic E-state index is -0.379. The van der Waals surface area contributed by atoms with Crippen molar-refractivity contribution in [1.29, 1.82) is 5.26 Å². The number of rotatable bonds is 13. The Morgan fingerprint density at radius 2 is 1.60 bits per heavy atom. The highest BCUT2D eigenvalue weighted by Gasteiger charge is 2.16. The number of hydrogen-bond acceptors (Lipinski definition) is 8. The van der Waals surface area contributed by atoms with Gasteiger partial charge in [0.2, 0.25) is 0 Å². The van der Waals surface area contributed by atoms with Gasteiger partial charge in [-0.3, -0.25) is 14.5 Å². The van der Waals surface area contributed by atoms with Crippen molar-refractivity contribution in [1.82, 2.24) is 14.8 Å². The van der Waals surface area contributed by atoms with E-state index in [1.54, 1.807) is 32.5 Å². The lowest BCUT2D eigenvalue weighted by Gasteiger charge is -2.17. The molecule has 4 aromatic carbocycles. The Hall–Kier alpha value is -5.53. The third-order valence-electron chi connectivity index (χ3n) is 8.76. The Bertz CT molecular complexity index is 2220. The van der Waals surface area contributed by atoms with Crippen LogP contribution < -0.4 is 9.47 Å². The summed E-state index contributed by atoms with van der Waals surface area (Å²) in [6.07, 6.45) is 5.26. The van der Waals surface area contributed by atoms with Crippen LogP contribution in [0.4, 0.5) is 0 Å². The summed E-state index contributed by atoms with van der Waals surface area (Å²) in [5.41, 5.74) is 10.1. The van der Waals surface area contributed by atoms with Gasteiger partial charge in [0.05, 0.1) is 34.4 Å². The fraction of sp³-hybridized carbons (Fsp3) is 0.200. The summed E-state index contributed by atoms with van der Waals surface area (Å²) in [4.78, 5) is 15.9. The van der Waals surface area contributed by atoms with E-state index in [2.05, 4.69) is 72.5 Å². The maximum atomic E-state index is 11.8. The maximum absolute atomic E-state index is 11.8. The molecule has 0 aliphatic heterocycles. The van der Waals surface area contributed by atoms with Crippen LogP contribution in [-0.2, 0) is 29.2 Å². The first-order valence-electron chi connectivity index (χ1n) is 15.9. The summed E-state index contributed by atoms with van der Waals surface area (Å²) in [5.74, 6) is 0.706. The van der Waals surface area contributed by atoms with Crippen LogP contribution >= 0.6 is 11.6 Å². The van der Waals surface area contributed by atoms with E-state index < -0.39 is 0 Å². The number of methoxy groups -OCH3 is 2. The lowest BCUT2D eigenvalue weighted by Crippen LogP contribution is -2.21. The molecule has 0 saturated heterocycles. The first-order valence-corrected chi connectivity index (χ1v) is 16.3. The molecule has 2 aromatic heterocycles. The number of aromatic nitrogens is 3. The van der Waals surface area contributed by atoms with Crippen LogP contribution in [0.25, 0.3) is 33.2 Å². The van der Waals surface area contributed by atoms with Crippen LogP contribution in [0.5, 0.6) is 11.5 Å². The third-order valence-corrected chi connectivity index (χ3v) is 9.06. The predicted octanol–water partition coefficient (Wildman–Crippen LogP) is 8.50. The van der Waals surface area contributed by atoms with Gasteiger partial charge < -0.3 is 18.9 Å². The monoisotopic (exact) mass is 686 g/mol. The average molecular weight is 687 g/mol. The summed E-state index contributed by atoms with van der Waals surface area (Å²) < 4.78 is 24.8. The van der Waals surface area contributed by atoms with Crippen molar-refractivity contribution in [3.05, 3.63) is 130 Å². The minimum absolute atomic E-state index is 0.116. The zero-order valence-electron chi connectivity index (χ0n) is 28.1. The number of ether oxygens (including phenoxy) is 4. The van der Waals surface area contributed by atoms with Crippen molar-refractivity contribution in [2.24, 2.45) is 0 Å². The lowest BCUT2D eigenvalue weighted by atomic mass is 9.89. The zero-order chi connectivity index (χ0) is 35.2. The second-order valence-electron chi connectivity index (χ2n) is 11.8. The van der Waals surface area contributed by atoms with E-state index in [0.717, 1.165) is 49.8 Å². The summed E-state index contributed by atoms with van der Waals surface area (Å²) >= 11 is 6.54. The predicted molar refractivity (Wildman–Crippen MR) is 192 cm³/mol. The second-order valence-corrected chi connectivity index (χ2v) is 12.2. The van der Waals surface area contributed by atoms with E-state index in [9.17, 15) is 10.1 Å². The van der Waals surface area contributed by atoms with E-state index in [4.69, 9.17) is 30.5 Å². The molecule has 9 nitrogen and oxygen atoms in total. The van der Waals surface area contributed by atoms with Crippen molar-refractivity contribution in [2.45, 2.75) is 39.9 Å². The largest absolute Gasteiger partial charge is 0.488 e. The van der Waals surface area contributed by atoms with Crippen molar-refractivity contribution in [3.63, 3.8) is 0 Å². The van der Waals surface area contributed by atoms with Crippen LogP contribution in [-0.4, -0.2) is 41.6 Å². The zero-order valence-corrected chi connectivity index (χ0v) is 28.9. The highest BCUT2D eigenvalue weighted by molar-refractivity contribution is 6.32. The Labute approximate surface area is 295 Å². The molecule has 0 spiro atoms. The highest BCUT2D eigenvalue weighted by Crippen LogP contribution is 2.37. The highest BCUT2D eigenvalue weighted by atomic mass is 35.5. The Morgan fingerprint density at radius 1 is 0.860 bits per heavy atom. The Kier molecular flexibility index (Phi) is 10.5. The average Bonchev–Trinajstić information content (AvgIpc) is 3.55. The van der Waals surface area contributed by atoms with Crippen molar-refractivity contribution in [3.8, 4) is 39.8 Å². The second kappa shape index (κ2) is 15.3. The van der Waals surface area contributed by atoms with Gasteiger partial charge in [-0.25, -0.2) is 0 Å². The molecule has 0 saturated carbocycles. The van der Waals surface area contributed by atoms with Crippen LogP contribution in [0.2, 0.25) is 5.02 Å². The van der Waals surface area contributed by atoms with E-state index in [1.165, 1.54) is 12.3 Å². The van der Waals surface area contributed by atoms with E-state index in [-0.39, 0.29) is 19.5 Å². The molecule has 252 valence electrons. The van der Waals surface area contributed by atoms with Gasteiger partial charge in [-0.05, 0) is 77.1 Å². The molecular weight excluding hydrogens is 652 g/mol. The first-order chi connectivity index (χ1) is 24.3. The van der Waals surface area contributed by atoms with E-state index >= 15 is 0 Å². The molecule has 6 rings (SSSR count). The third kappa shape index (κ3) is 7.24. The maximum Gasteiger partial charge on any atom is 0.176 e. The minimum Gasteiger partial charge on any atom is -0.488 e. The Balaban J connectivity index is 1.23. The molecule has 0 radical (unpaired) electrons. The van der Waals surface area contributed by atoms with Gasteiger partial charge in [0, 0.05) is 43.6 Å². The van der Waals surface area contributed by atoms with Gasteiger partial charge in [0.25, 0.3) is 0 Å². The van der Waals surface area contributed by atoms with Crippen LogP contribution in [0.15, 0.2) is 91.4 Å². The Morgan fingerprint density at radius 3 is 2.36 bits per heavy atom. The summed E-state index contributed by atoms with van der Waals surface area (Å²) in [5, 5.41) is 15.1. The molecular formula is C40H35ClN4O5. The molecule has 0 amide bonds. The fourth-order valence-corrected chi connectivity index (χ4v) is 6.21. The smallest absolute Gasteiger partial charge is 0.176 e. The first kappa shape index (κ1) is 34.3. The molecule has 0 unspecified atom stereocenters. The van der Waals surface area contributed by atoms with Gasteiger partial charge in [-0.15, -0.1) is 0 Å². The van der Waals surface area contributed by atoms with Gasteiger partial charge in [-0.1, -0.05) is 54.1 Å². The van der Waals surface area contributed by atoms with Crippen molar-refractivity contribution < 1.29 is 23.7 Å². The molecule has 0 aliphatic carbocycles. The van der Waals surface area contributed by atoms with Crippen molar-refractivity contribution >= 4 is 28.8 Å². The molecule has 0 aliphatic rings. The summed E-state index contributed by atoms with van der Waals surface area (Å²) in [7, 11) is 3.24. The SMILES string of the molecule is COC(Cn1ncc2cc(-c3cccc(-c4cccc(COc5cc(OCc6cncc(C#N)c6)c(C=O)cc5Cl)c4C)c3C)ccc21)OC. The number of fused-ring (bicyclic) bond motifs is 1. The molecule has 0 fully saturated rings. The number of aldehydes is 1. The molecule has 50 heavy (non-hydrogen) atoms. The van der Waals surface area contributed by atoms with Gasteiger partial charge in [0.15, 0.2) is 12.6 Å². The lowest BCUT2D eigenvalue weighted by molar-refractivity contribution is -0.111. The van der Waals surface area contributed by atoms with Crippen LogP contribution in [0.1, 0.15) is 38.2 Å². The van der Waals surface area contributed by atoms with Crippen molar-refractivity contribution in [2.75, 3.05) is 14.2 Å². The summed E-state index contributed by atoms with van der Waals surface area (Å²) in [6.45, 7) is 5.09. The normalized spacial score (nSPS) is 11.1. The van der Waals surface area contributed by atoms with Gasteiger partial charge in [-0.2, -0.15) is 10.4 Å². The topological polar surface area (TPSA) is 108 Å². The van der Waals surface area contributed by atoms with E-state index in [1.807, 2.05) is 23.0 Å². The van der Waals surface area contributed by atoms with Gasteiger partial charge in [0.1, 0.15) is 30.8 Å². The number of hydrogen-bond donors (Lipinski definition) is 0. The number of nitrogens with zero attached hydrogens (tertiary/aromatic N) is 4. The molecule has 0 bridgehead atoms. The number of carbonyl (C=O) groups excluding carboxylic acids is 1. The fourth-order valence-electron chi connectivity index (χ4n) is 5.98. The molecule has 10 heteroatoms. The number of benzene rings is 4. The molecule has 0 atom stereocenters. The standard InChI is InChI=1S/C40H35ClN4O5/c1-25-30(24-50-39-16-38(32(22-46)15-36(39)41)49-23-28-13-27(17-42)18-43-19-28)7-5-9-34(25)35-10-6-8-33(26(35)2)29-11-12-37-31(14-29)20-44-45(37)21-40(47-3)48-4/h5-16,18-20,22,40H,21,23-24H2,1-4H3. The van der Waals surface area contributed by atoms with Crippen LogP contribution in [0, 0.1) is 25.2 Å². The summed E-state index contributed by atoms with van der Waals surface area (Å²) in [6, 6.07) is 25.8. The molecule has 2 heterocycles. The van der Waals surface area contributed by atoms with Gasteiger partial charge >= 0.3 is 0 Å².